The highest BCUT2D eigenvalue weighted by Gasteiger charge is 2.08. The molecular formula is C22H19N. The van der Waals surface area contributed by atoms with E-state index in [0.29, 0.717) is 0 Å². The van der Waals surface area contributed by atoms with Gasteiger partial charge >= 0.3 is 0 Å². The second kappa shape index (κ2) is 6.13. The minimum atomic E-state index is 1.12. The van der Waals surface area contributed by atoms with Gasteiger partial charge in [-0.1, -0.05) is 66.7 Å². The third-order valence-electron chi connectivity index (χ3n) is 4.33. The van der Waals surface area contributed by atoms with Gasteiger partial charge in [0.05, 0.1) is 0 Å². The lowest BCUT2D eigenvalue weighted by atomic mass is 9.96. The minimum Gasteiger partial charge on any atom is -0.355 e. The molecule has 1 nitrogen and oxygen atoms in total. The van der Waals surface area contributed by atoms with Gasteiger partial charge in [-0.25, -0.2) is 0 Å². The Morgan fingerprint density at radius 3 is 2.30 bits per heavy atom. The van der Waals surface area contributed by atoms with Crippen LogP contribution in [0.5, 0.6) is 0 Å². The van der Waals surface area contributed by atoms with Gasteiger partial charge in [0, 0.05) is 16.9 Å². The summed E-state index contributed by atoms with van der Waals surface area (Å²) in [4.78, 5) is 0. The summed E-state index contributed by atoms with van der Waals surface area (Å²) in [7, 11) is 0. The molecule has 4 rings (SSSR count). The lowest BCUT2D eigenvalue weighted by Gasteiger charge is -2.16. The summed E-state index contributed by atoms with van der Waals surface area (Å²) < 4.78 is 0. The van der Waals surface area contributed by atoms with Gasteiger partial charge in [-0.3, -0.25) is 0 Å². The summed E-state index contributed by atoms with van der Waals surface area (Å²) in [6, 6.07) is 25.6. The molecule has 0 radical (unpaired) electrons. The molecule has 1 N–H and O–H groups in total. The maximum absolute atomic E-state index is 3.56. The second-order valence-electron chi connectivity index (χ2n) is 5.89. The predicted molar refractivity (Wildman–Crippen MR) is 99.0 cm³/mol. The number of rotatable bonds is 3. The maximum Gasteiger partial charge on any atom is 0.0460 e. The van der Waals surface area contributed by atoms with Crippen molar-refractivity contribution in [3.05, 3.63) is 90.0 Å². The smallest absolute Gasteiger partial charge is 0.0460 e. The Bertz CT molecular complexity index is 830. The zero-order valence-corrected chi connectivity index (χ0v) is 13.0. The van der Waals surface area contributed by atoms with Gasteiger partial charge < -0.3 is 5.32 Å². The zero-order chi connectivity index (χ0) is 15.5. The van der Waals surface area contributed by atoms with Crippen molar-refractivity contribution in [3.63, 3.8) is 0 Å². The molecular weight excluding hydrogens is 278 g/mol. The molecule has 1 aliphatic rings. The molecule has 0 saturated carbocycles. The Labute approximate surface area is 137 Å². The van der Waals surface area contributed by atoms with Gasteiger partial charge in [0.2, 0.25) is 0 Å². The van der Waals surface area contributed by atoms with Crippen molar-refractivity contribution in [1.82, 2.24) is 0 Å². The molecule has 0 saturated heterocycles. The summed E-state index contributed by atoms with van der Waals surface area (Å²) in [5, 5.41) is 3.56. The van der Waals surface area contributed by atoms with E-state index >= 15 is 0 Å². The van der Waals surface area contributed by atoms with E-state index in [0.717, 1.165) is 18.5 Å². The van der Waals surface area contributed by atoms with Crippen LogP contribution in [-0.4, -0.2) is 0 Å². The van der Waals surface area contributed by atoms with Crippen LogP contribution in [0.4, 0.5) is 11.4 Å². The quantitative estimate of drug-likeness (QED) is 0.620. The number of nitrogens with one attached hydrogen (secondary N) is 1. The van der Waals surface area contributed by atoms with E-state index in [9.17, 15) is 0 Å². The third kappa shape index (κ3) is 2.91. The van der Waals surface area contributed by atoms with Crippen molar-refractivity contribution in [1.29, 1.82) is 0 Å². The molecule has 0 aliphatic heterocycles. The lowest BCUT2D eigenvalue weighted by Crippen LogP contribution is -1.99. The fourth-order valence-corrected chi connectivity index (χ4v) is 3.11. The average molecular weight is 297 g/mol. The lowest BCUT2D eigenvalue weighted by molar-refractivity contribution is 0.986. The van der Waals surface area contributed by atoms with Crippen LogP contribution < -0.4 is 5.32 Å². The van der Waals surface area contributed by atoms with Crippen molar-refractivity contribution in [2.24, 2.45) is 0 Å². The van der Waals surface area contributed by atoms with Gasteiger partial charge in [-0.15, -0.1) is 0 Å². The number of anilines is 2. The molecule has 0 fully saturated rings. The van der Waals surface area contributed by atoms with Crippen LogP contribution in [-0.2, 0) is 6.42 Å². The van der Waals surface area contributed by atoms with E-state index in [-0.39, 0.29) is 0 Å². The van der Waals surface area contributed by atoms with E-state index in [4.69, 9.17) is 0 Å². The fourth-order valence-electron chi connectivity index (χ4n) is 3.11. The SMILES string of the molecule is C1=Cc2c(cccc2Nc2ccc(-c3ccccc3)cc2)CC1. The molecule has 23 heavy (non-hydrogen) atoms. The van der Waals surface area contributed by atoms with Gasteiger partial charge in [0.25, 0.3) is 0 Å². The molecule has 112 valence electrons. The van der Waals surface area contributed by atoms with E-state index in [1.807, 2.05) is 6.07 Å². The first-order chi connectivity index (χ1) is 11.4. The van der Waals surface area contributed by atoms with E-state index in [2.05, 4.69) is 84.2 Å². The Balaban J connectivity index is 1.60. The molecule has 1 heteroatoms. The van der Waals surface area contributed by atoms with Gasteiger partial charge in [0.1, 0.15) is 0 Å². The minimum absolute atomic E-state index is 1.12. The van der Waals surface area contributed by atoms with Gasteiger partial charge in [-0.2, -0.15) is 0 Å². The van der Waals surface area contributed by atoms with E-state index in [1.165, 1.54) is 27.9 Å². The number of allylic oxidation sites excluding steroid dienone is 1. The van der Waals surface area contributed by atoms with Crippen LogP contribution in [0.2, 0.25) is 0 Å². The Morgan fingerprint density at radius 1 is 0.696 bits per heavy atom. The zero-order valence-electron chi connectivity index (χ0n) is 13.0. The van der Waals surface area contributed by atoms with Crippen LogP contribution in [0, 0.1) is 0 Å². The summed E-state index contributed by atoms with van der Waals surface area (Å²) >= 11 is 0. The molecule has 0 unspecified atom stereocenters. The van der Waals surface area contributed by atoms with Crippen LogP contribution in [0.15, 0.2) is 78.9 Å². The largest absolute Gasteiger partial charge is 0.355 e. The molecule has 3 aromatic rings. The Kier molecular flexibility index (Phi) is 3.69. The topological polar surface area (TPSA) is 12.0 Å². The van der Waals surface area contributed by atoms with Crippen molar-refractivity contribution in [3.8, 4) is 11.1 Å². The highest BCUT2D eigenvalue weighted by atomic mass is 14.9. The highest BCUT2D eigenvalue weighted by Crippen LogP contribution is 2.29. The van der Waals surface area contributed by atoms with Crippen LogP contribution in [0.3, 0.4) is 0 Å². The first-order valence-corrected chi connectivity index (χ1v) is 8.11. The van der Waals surface area contributed by atoms with Gasteiger partial charge in [-0.05, 0) is 47.7 Å². The molecule has 3 aromatic carbocycles. The number of hydrogen-bond acceptors (Lipinski definition) is 1. The second-order valence-corrected chi connectivity index (χ2v) is 5.89. The van der Waals surface area contributed by atoms with Crippen LogP contribution in [0.25, 0.3) is 17.2 Å². The number of benzene rings is 3. The van der Waals surface area contributed by atoms with Gasteiger partial charge in [0.15, 0.2) is 0 Å². The Morgan fingerprint density at radius 2 is 1.48 bits per heavy atom. The highest BCUT2D eigenvalue weighted by molar-refractivity contribution is 5.76. The first-order valence-electron chi connectivity index (χ1n) is 8.11. The molecule has 0 aromatic heterocycles. The number of aryl methyl sites for hydroxylation is 1. The van der Waals surface area contributed by atoms with Crippen molar-refractivity contribution >= 4 is 17.5 Å². The predicted octanol–water partition coefficient (Wildman–Crippen LogP) is 6.06. The maximum atomic E-state index is 3.56. The monoisotopic (exact) mass is 297 g/mol. The van der Waals surface area contributed by atoms with Crippen LogP contribution >= 0.6 is 0 Å². The number of hydrogen-bond donors (Lipinski definition) is 1. The Hall–Kier alpha value is -2.80. The van der Waals surface area contributed by atoms with Crippen LogP contribution in [0.1, 0.15) is 17.5 Å². The normalized spacial score (nSPS) is 12.7. The summed E-state index contributed by atoms with van der Waals surface area (Å²) in [5.74, 6) is 0. The fraction of sp³-hybridized carbons (Fsp3) is 0.0909. The average Bonchev–Trinajstić information content (AvgIpc) is 2.63. The molecule has 1 aliphatic carbocycles. The van der Waals surface area contributed by atoms with E-state index in [1.54, 1.807) is 0 Å². The van der Waals surface area contributed by atoms with Crippen molar-refractivity contribution in [2.75, 3.05) is 5.32 Å². The van der Waals surface area contributed by atoms with Crippen molar-refractivity contribution in [2.45, 2.75) is 12.8 Å². The molecule has 0 bridgehead atoms. The van der Waals surface area contributed by atoms with Crippen molar-refractivity contribution < 1.29 is 0 Å². The molecule has 0 spiro atoms. The standard InChI is InChI=1S/C22H19N/c1-2-7-17(8-3-1)18-13-15-20(16-14-18)23-22-12-6-10-19-9-4-5-11-21(19)22/h1-3,5-8,10-16,23H,4,9H2. The third-order valence-corrected chi connectivity index (χ3v) is 4.33. The molecule has 0 atom stereocenters. The number of fused-ring (bicyclic) bond motifs is 1. The molecule has 0 heterocycles. The first kappa shape index (κ1) is 13.8. The van der Waals surface area contributed by atoms with E-state index < -0.39 is 0 Å². The summed E-state index contributed by atoms with van der Waals surface area (Å²) in [6.45, 7) is 0. The molecule has 0 amide bonds. The summed E-state index contributed by atoms with van der Waals surface area (Å²) in [5.41, 5.74) is 7.55. The summed E-state index contributed by atoms with van der Waals surface area (Å²) in [6.07, 6.45) is 6.77.